The van der Waals surface area contributed by atoms with Crippen LogP contribution in [0, 0.1) is 0 Å². The molecular weight excluding hydrogens is 326 g/mol. The molecule has 3 nitrogen and oxygen atoms in total. The van der Waals surface area contributed by atoms with Crippen molar-refractivity contribution >= 4 is 34.2 Å². The first-order valence-corrected chi connectivity index (χ1v) is 8.76. The molecule has 23 heavy (non-hydrogen) atoms. The summed E-state index contributed by atoms with van der Waals surface area (Å²) in [7, 11) is 0. The molecule has 1 unspecified atom stereocenters. The van der Waals surface area contributed by atoms with Gasteiger partial charge in [-0.15, -0.1) is 11.3 Å². The highest BCUT2D eigenvalue weighted by molar-refractivity contribution is 7.83. The summed E-state index contributed by atoms with van der Waals surface area (Å²) in [5.41, 5.74) is 8.27. The van der Waals surface area contributed by atoms with E-state index in [0.717, 1.165) is 11.1 Å². The molecule has 0 aliphatic heterocycles. The molecule has 0 aliphatic rings. The molecule has 0 spiro atoms. The number of nitrogens with two attached hydrogens (primary N) is 1. The van der Waals surface area contributed by atoms with Gasteiger partial charge in [-0.3, -0.25) is 0 Å². The lowest BCUT2D eigenvalue weighted by Crippen LogP contribution is -2.00. The van der Waals surface area contributed by atoms with Gasteiger partial charge in [0.05, 0.1) is 0 Å². The van der Waals surface area contributed by atoms with Crippen molar-refractivity contribution in [2.75, 3.05) is 5.73 Å². The number of rotatable bonds is 7. The van der Waals surface area contributed by atoms with Crippen LogP contribution in [0.25, 0.3) is 6.08 Å². The lowest BCUT2D eigenvalue weighted by molar-refractivity contribution is 0.564. The first-order chi connectivity index (χ1) is 11.1. The third-order valence-electron chi connectivity index (χ3n) is 2.89. The summed E-state index contributed by atoms with van der Waals surface area (Å²) in [6.07, 6.45) is 8.98. The Labute approximate surface area is 142 Å². The van der Waals surface area contributed by atoms with Gasteiger partial charge in [0.25, 0.3) is 11.1 Å². The second kappa shape index (κ2) is 8.31. The van der Waals surface area contributed by atoms with E-state index in [0.29, 0.717) is 15.6 Å². The molecule has 5 heteroatoms. The monoisotopic (exact) mass is 343 g/mol. The molecule has 0 aliphatic carbocycles. The van der Waals surface area contributed by atoms with E-state index in [-0.39, 0.29) is 0 Å². The summed E-state index contributed by atoms with van der Waals surface area (Å²) in [5, 5.41) is 1.86. The Morgan fingerprint density at radius 3 is 2.78 bits per heavy atom. The zero-order valence-corrected chi connectivity index (χ0v) is 14.1. The lowest BCUT2D eigenvalue weighted by atomic mass is 10.1. The fraction of sp³-hybridized carbons (Fsp3) is 0. The van der Waals surface area contributed by atoms with Gasteiger partial charge in [-0.25, -0.2) is 4.21 Å². The van der Waals surface area contributed by atoms with E-state index >= 15 is 0 Å². The Kier molecular flexibility index (Phi) is 6.14. The Hall–Kier alpha value is -2.37. The molecule has 0 amide bonds. The lowest BCUT2D eigenvalue weighted by Gasteiger charge is -2.06. The van der Waals surface area contributed by atoms with Gasteiger partial charge < -0.3 is 9.92 Å². The van der Waals surface area contributed by atoms with Crippen LogP contribution in [0.4, 0.5) is 5.69 Å². The third kappa shape index (κ3) is 4.81. The van der Waals surface area contributed by atoms with E-state index < -0.39 is 11.1 Å². The molecule has 1 aromatic carbocycles. The maximum absolute atomic E-state index is 12.1. The molecular formula is C18H17NO2S2. The SMILES string of the molecule is C=C/C=C(C=C)/C=C/c1cc(OS(=O)c2cccs2)ccc1N. The van der Waals surface area contributed by atoms with Crippen LogP contribution in [-0.4, -0.2) is 4.21 Å². The average molecular weight is 343 g/mol. The topological polar surface area (TPSA) is 52.3 Å². The minimum Gasteiger partial charge on any atom is -0.398 e. The van der Waals surface area contributed by atoms with Crippen molar-refractivity contribution in [1.29, 1.82) is 0 Å². The molecule has 0 fully saturated rings. The number of hydrogen-bond acceptors (Lipinski definition) is 4. The molecule has 0 bridgehead atoms. The van der Waals surface area contributed by atoms with Crippen LogP contribution >= 0.6 is 11.3 Å². The molecule has 1 aromatic heterocycles. The van der Waals surface area contributed by atoms with E-state index in [9.17, 15) is 4.21 Å². The molecule has 2 aromatic rings. The summed E-state index contributed by atoms with van der Waals surface area (Å²) in [5.74, 6) is 0.499. The van der Waals surface area contributed by atoms with Gasteiger partial charge in [-0.05, 0) is 35.2 Å². The Morgan fingerprint density at radius 1 is 1.30 bits per heavy atom. The molecule has 0 saturated heterocycles. The van der Waals surface area contributed by atoms with E-state index in [2.05, 4.69) is 13.2 Å². The number of anilines is 1. The number of benzene rings is 1. The number of hydrogen-bond donors (Lipinski definition) is 1. The van der Waals surface area contributed by atoms with Gasteiger partial charge in [0, 0.05) is 11.3 Å². The predicted octanol–water partition coefficient (Wildman–Crippen LogP) is 4.74. The van der Waals surface area contributed by atoms with Crippen LogP contribution in [0.5, 0.6) is 5.75 Å². The first-order valence-electron chi connectivity index (χ1n) is 6.80. The molecule has 1 atom stereocenters. The summed E-state index contributed by atoms with van der Waals surface area (Å²) in [4.78, 5) is 0. The molecule has 0 saturated carbocycles. The van der Waals surface area contributed by atoms with E-state index in [1.807, 2.05) is 29.7 Å². The van der Waals surface area contributed by atoms with Crippen LogP contribution in [0.15, 0.2) is 83.0 Å². The quantitative estimate of drug-likeness (QED) is 0.583. The van der Waals surface area contributed by atoms with Gasteiger partial charge in [-0.1, -0.05) is 49.6 Å². The van der Waals surface area contributed by atoms with Gasteiger partial charge in [0.15, 0.2) is 0 Å². The largest absolute Gasteiger partial charge is 0.398 e. The van der Waals surface area contributed by atoms with Crippen molar-refractivity contribution in [3.63, 3.8) is 0 Å². The Bertz CT molecular complexity index is 774. The van der Waals surface area contributed by atoms with Gasteiger partial charge in [0.1, 0.15) is 9.96 Å². The van der Waals surface area contributed by atoms with Gasteiger partial charge >= 0.3 is 0 Å². The standard InChI is InChI=1S/C18H17NO2S2/c1-3-6-14(4-2)8-9-15-13-16(10-11-17(15)19)21-23(20)18-7-5-12-22-18/h3-13H,1-2,19H2/b9-8+,14-6+. The Morgan fingerprint density at radius 2 is 2.13 bits per heavy atom. The van der Waals surface area contributed by atoms with Crippen LogP contribution in [0.2, 0.25) is 0 Å². The molecule has 2 rings (SSSR count). The van der Waals surface area contributed by atoms with Crippen LogP contribution in [0.1, 0.15) is 5.56 Å². The van der Waals surface area contributed by atoms with Crippen molar-refractivity contribution in [2.45, 2.75) is 4.21 Å². The average Bonchev–Trinajstić information content (AvgIpc) is 3.08. The van der Waals surface area contributed by atoms with Gasteiger partial charge in [0.2, 0.25) is 0 Å². The summed E-state index contributed by atoms with van der Waals surface area (Å²) in [6, 6.07) is 8.79. The van der Waals surface area contributed by atoms with E-state index in [1.54, 1.807) is 36.4 Å². The van der Waals surface area contributed by atoms with E-state index in [1.165, 1.54) is 11.3 Å². The predicted molar refractivity (Wildman–Crippen MR) is 99.7 cm³/mol. The van der Waals surface area contributed by atoms with Crippen molar-refractivity contribution in [3.8, 4) is 5.75 Å². The zero-order chi connectivity index (χ0) is 16.7. The maximum atomic E-state index is 12.1. The van der Waals surface area contributed by atoms with Crippen LogP contribution in [-0.2, 0) is 11.1 Å². The Balaban J connectivity index is 2.20. The van der Waals surface area contributed by atoms with Crippen molar-refractivity contribution < 1.29 is 8.39 Å². The normalized spacial score (nSPS) is 13.0. The third-order valence-corrected chi connectivity index (χ3v) is 5.06. The minimum atomic E-state index is -1.52. The fourth-order valence-electron chi connectivity index (χ4n) is 1.75. The molecule has 118 valence electrons. The van der Waals surface area contributed by atoms with Gasteiger partial charge in [-0.2, -0.15) is 0 Å². The summed E-state index contributed by atoms with van der Waals surface area (Å²) < 4.78 is 18.2. The van der Waals surface area contributed by atoms with Crippen LogP contribution < -0.4 is 9.92 Å². The minimum absolute atomic E-state index is 0.499. The zero-order valence-electron chi connectivity index (χ0n) is 12.5. The maximum Gasteiger partial charge on any atom is 0.251 e. The van der Waals surface area contributed by atoms with Crippen molar-refractivity contribution in [2.24, 2.45) is 0 Å². The summed E-state index contributed by atoms with van der Waals surface area (Å²) >= 11 is -0.134. The summed E-state index contributed by atoms with van der Waals surface area (Å²) in [6.45, 7) is 7.39. The molecule has 0 radical (unpaired) electrons. The first kappa shape index (κ1) is 17.0. The second-order valence-electron chi connectivity index (χ2n) is 4.48. The smallest absolute Gasteiger partial charge is 0.251 e. The second-order valence-corrected chi connectivity index (χ2v) is 6.76. The molecule has 1 heterocycles. The number of allylic oxidation sites excluding steroid dienone is 5. The van der Waals surface area contributed by atoms with Crippen molar-refractivity contribution in [1.82, 2.24) is 0 Å². The highest BCUT2D eigenvalue weighted by atomic mass is 32.2. The highest BCUT2D eigenvalue weighted by Crippen LogP contribution is 2.24. The highest BCUT2D eigenvalue weighted by Gasteiger charge is 2.08. The number of thiophene rings is 1. The number of nitrogen functional groups attached to an aromatic ring is 1. The molecule has 2 N–H and O–H groups in total. The van der Waals surface area contributed by atoms with Crippen molar-refractivity contribution in [3.05, 3.63) is 84.3 Å². The van der Waals surface area contributed by atoms with Crippen LogP contribution in [0.3, 0.4) is 0 Å². The van der Waals surface area contributed by atoms with E-state index in [4.69, 9.17) is 9.92 Å². The fourth-order valence-corrected chi connectivity index (χ4v) is 3.33.